The molecular formula is C21H21N2+. The highest BCUT2D eigenvalue weighted by Crippen LogP contribution is 2.28. The highest BCUT2D eigenvalue weighted by molar-refractivity contribution is 5.93. The van der Waals surface area contributed by atoms with Crippen LogP contribution in [0.4, 0.5) is 0 Å². The van der Waals surface area contributed by atoms with E-state index in [0.29, 0.717) is 0 Å². The van der Waals surface area contributed by atoms with Crippen LogP contribution >= 0.6 is 0 Å². The van der Waals surface area contributed by atoms with Crippen molar-refractivity contribution in [2.45, 2.75) is 13.8 Å². The van der Waals surface area contributed by atoms with Crippen molar-refractivity contribution < 1.29 is 4.57 Å². The van der Waals surface area contributed by atoms with Gasteiger partial charge in [0.25, 0.3) is 6.33 Å². The quantitative estimate of drug-likeness (QED) is 0.512. The first-order valence-electron chi connectivity index (χ1n) is 7.76. The van der Waals surface area contributed by atoms with Gasteiger partial charge in [-0.1, -0.05) is 49.1 Å². The van der Waals surface area contributed by atoms with Gasteiger partial charge in [-0.3, -0.25) is 0 Å². The Labute approximate surface area is 137 Å². The molecule has 1 aromatic heterocycles. The van der Waals surface area contributed by atoms with Crippen molar-refractivity contribution in [3.05, 3.63) is 78.1 Å². The molecule has 2 nitrogen and oxygen atoms in total. The van der Waals surface area contributed by atoms with Crippen LogP contribution in [0.1, 0.15) is 16.7 Å². The van der Waals surface area contributed by atoms with Crippen LogP contribution in [0.25, 0.3) is 28.2 Å². The van der Waals surface area contributed by atoms with Gasteiger partial charge in [0.15, 0.2) is 5.52 Å². The number of hydrogen-bond donors (Lipinski definition) is 0. The van der Waals surface area contributed by atoms with E-state index in [2.05, 4.69) is 79.5 Å². The second kappa shape index (κ2) is 6.17. The van der Waals surface area contributed by atoms with Gasteiger partial charge in [0.05, 0.1) is 12.4 Å². The fraction of sp³-hybridized carbons (Fsp3) is 0.143. The number of nitrogens with zero attached hydrogens (tertiary/aromatic N) is 2. The van der Waals surface area contributed by atoms with Crippen molar-refractivity contribution in [1.29, 1.82) is 0 Å². The predicted octanol–water partition coefficient (Wildman–Crippen LogP) is 4.54. The lowest BCUT2D eigenvalue weighted by Gasteiger charge is -2.10. The molecule has 0 atom stereocenters. The van der Waals surface area contributed by atoms with Gasteiger partial charge in [0.2, 0.25) is 0 Å². The number of hydrogen-bond acceptors (Lipinski definition) is 1. The summed E-state index contributed by atoms with van der Waals surface area (Å²) in [5, 5.41) is 1.18. The van der Waals surface area contributed by atoms with Crippen LogP contribution in [0.2, 0.25) is 0 Å². The number of aromatic nitrogens is 2. The third kappa shape index (κ3) is 2.80. The normalized spacial score (nSPS) is 11.3. The topological polar surface area (TPSA) is 16.8 Å². The molecule has 114 valence electrons. The summed E-state index contributed by atoms with van der Waals surface area (Å²) in [6, 6.07) is 12.9. The molecule has 3 rings (SSSR count). The van der Waals surface area contributed by atoms with E-state index in [1.165, 1.54) is 33.3 Å². The van der Waals surface area contributed by atoms with Crippen LogP contribution < -0.4 is 4.57 Å². The smallest absolute Gasteiger partial charge is 0.232 e. The van der Waals surface area contributed by atoms with Gasteiger partial charge in [-0.05, 0) is 47.7 Å². The lowest BCUT2D eigenvalue weighted by molar-refractivity contribution is -0.662. The monoisotopic (exact) mass is 301 g/mol. The number of rotatable bonds is 3. The molecule has 0 bridgehead atoms. The fourth-order valence-corrected chi connectivity index (χ4v) is 2.93. The van der Waals surface area contributed by atoms with Crippen molar-refractivity contribution in [3.8, 4) is 11.3 Å². The molecule has 0 aliphatic heterocycles. The Bertz CT molecular complexity index is 921. The number of allylic oxidation sites excluding steroid dienone is 2. The van der Waals surface area contributed by atoms with Crippen molar-refractivity contribution in [3.63, 3.8) is 0 Å². The van der Waals surface area contributed by atoms with Gasteiger partial charge in [-0.25, -0.2) is 4.57 Å². The zero-order chi connectivity index (χ0) is 16.4. The summed E-state index contributed by atoms with van der Waals surface area (Å²) in [5.74, 6) is 0. The molecule has 0 fully saturated rings. The number of fused-ring (bicyclic) bond motifs is 1. The Morgan fingerprint density at radius 2 is 1.87 bits per heavy atom. The van der Waals surface area contributed by atoms with E-state index >= 15 is 0 Å². The van der Waals surface area contributed by atoms with E-state index in [4.69, 9.17) is 0 Å². The minimum absolute atomic E-state index is 1.01. The molecule has 0 spiro atoms. The molecule has 1 heterocycles. The van der Waals surface area contributed by atoms with Gasteiger partial charge in [-0.15, -0.1) is 0 Å². The Balaban J connectivity index is 2.32. The van der Waals surface area contributed by atoms with Crippen LogP contribution in [0.5, 0.6) is 0 Å². The van der Waals surface area contributed by atoms with Gasteiger partial charge in [-0.2, -0.15) is 0 Å². The largest absolute Gasteiger partial charge is 0.287 e. The maximum atomic E-state index is 4.61. The van der Waals surface area contributed by atoms with E-state index in [9.17, 15) is 0 Å². The third-order valence-corrected chi connectivity index (χ3v) is 4.17. The summed E-state index contributed by atoms with van der Waals surface area (Å²) in [6.07, 6.45) is 7.71. The SMILES string of the molecule is C=C/C=C\c1cc2nc[n+](C)c(-c3ccccc3C)c2cc1C. The van der Waals surface area contributed by atoms with Crippen LogP contribution in [0.3, 0.4) is 0 Å². The van der Waals surface area contributed by atoms with Gasteiger partial charge in [0.1, 0.15) is 5.69 Å². The van der Waals surface area contributed by atoms with Gasteiger partial charge in [0, 0.05) is 5.56 Å². The van der Waals surface area contributed by atoms with Crippen molar-refractivity contribution in [2.75, 3.05) is 0 Å². The molecule has 0 unspecified atom stereocenters. The second-order valence-corrected chi connectivity index (χ2v) is 5.84. The summed E-state index contributed by atoms with van der Waals surface area (Å²) in [5.41, 5.74) is 7.14. The third-order valence-electron chi connectivity index (χ3n) is 4.17. The number of aryl methyl sites for hydroxylation is 3. The Morgan fingerprint density at radius 3 is 2.61 bits per heavy atom. The first-order valence-corrected chi connectivity index (χ1v) is 7.76. The zero-order valence-electron chi connectivity index (χ0n) is 13.9. The average molecular weight is 301 g/mol. The summed E-state index contributed by atoms with van der Waals surface area (Å²) >= 11 is 0. The molecule has 0 amide bonds. The standard InChI is InChI=1S/C21H21N2/c1-5-6-10-17-13-20-19(12-16(17)3)21(23(4)14-22-20)18-11-8-7-9-15(18)2/h5-14H,1H2,2-4H3/q+1/b10-6-. The van der Waals surface area contributed by atoms with Crippen molar-refractivity contribution in [1.82, 2.24) is 4.98 Å². The minimum atomic E-state index is 1.01. The Kier molecular flexibility index (Phi) is 4.07. The predicted molar refractivity (Wildman–Crippen MR) is 97.1 cm³/mol. The molecule has 2 aromatic carbocycles. The highest BCUT2D eigenvalue weighted by atomic mass is 15.0. The molecule has 0 aliphatic carbocycles. The van der Waals surface area contributed by atoms with Crippen molar-refractivity contribution in [2.24, 2.45) is 7.05 Å². The maximum absolute atomic E-state index is 4.61. The maximum Gasteiger partial charge on any atom is 0.287 e. The Morgan fingerprint density at radius 1 is 1.09 bits per heavy atom. The molecule has 0 radical (unpaired) electrons. The van der Waals surface area contributed by atoms with E-state index < -0.39 is 0 Å². The van der Waals surface area contributed by atoms with Gasteiger partial charge < -0.3 is 0 Å². The highest BCUT2D eigenvalue weighted by Gasteiger charge is 2.17. The molecule has 0 saturated carbocycles. The molecule has 0 N–H and O–H groups in total. The molecule has 3 aromatic rings. The van der Waals surface area contributed by atoms with Gasteiger partial charge >= 0.3 is 0 Å². The van der Waals surface area contributed by atoms with E-state index in [1.54, 1.807) is 6.08 Å². The van der Waals surface area contributed by atoms with Crippen molar-refractivity contribution >= 4 is 17.0 Å². The summed E-state index contributed by atoms with van der Waals surface area (Å²) in [7, 11) is 2.05. The molecular weight excluding hydrogens is 280 g/mol. The van der Waals surface area contributed by atoms with E-state index in [0.717, 1.165) is 5.52 Å². The molecule has 23 heavy (non-hydrogen) atoms. The Hall–Kier alpha value is -2.74. The average Bonchev–Trinajstić information content (AvgIpc) is 2.54. The lowest BCUT2D eigenvalue weighted by Crippen LogP contribution is -2.31. The van der Waals surface area contributed by atoms with E-state index in [1.807, 2.05) is 12.4 Å². The lowest BCUT2D eigenvalue weighted by atomic mass is 9.98. The zero-order valence-corrected chi connectivity index (χ0v) is 13.9. The second-order valence-electron chi connectivity index (χ2n) is 5.84. The fourth-order valence-electron chi connectivity index (χ4n) is 2.93. The van der Waals surface area contributed by atoms with Crippen LogP contribution in [-0.4, -0.2) is 4.98 Å². The van der Waals surface area contributed by atoms with Crippen LogP contribution in [0.15, 0.2) is 61.5 Å². The molecule has 0 aliphatic rings. The summed E-state index contributed by atoms with van der Waals surface area (Å²) in [6.45, 7) is 8.02. The first kappa shape index (κ1) is 15.2. The first-order chi connectivity index (χ1) is 11.1. The van der Waals surface area contributed by atoms with Crippen LogP contribution in [0, 0.1) is 13.8 Å². The molecule has 0 saturated heterocycles. The van der Waals surface area contributed by atoms with E-state index in [-0.39, 0.29) is 0 Å². The summed E-state index contributed by atoms with van der Waals surface area (Å²) < 4.78 is 2.10. The summed E-state index contributed by atoms with van der Waals surface area (Å²) in [4.78, 5) is 4.61. The van der Waals surface area contributed by atoms with Crippen LogP contribution in [-0.2, 0) is 7.05 Å². The molecule has 2 heteroatoms. The number of benzene rings is 2. The minimum Gasteiger partial charge on any atom is -0.232 e.